The molecule has 3 aromatic rings. The predicted octanol–water partition coefficient (Wildman–Crippen LogP) is 2.16. The SMILES string of the molecule is CS(=O)(=O)c1ncc(Cl)c(C(=O)[C@H](C#N)c2nc3ccccc3o2)n1. The van der Waals surface area contributed by atoms with E-state index in [0.717, 1.165) is 12.5 Å². The molecular formula is C15H9ClN4O4S. The highest BCUT2D eigenvalue weighted by Gasteiger charge is 2.31. The molecule has 0 amide bonds. The van der Waals surface area contributed by atoms with Crippen LogP contribution in [0.15, 0.2) is 40.0 Å². The van der Waals surface area contributed by atoms with Gasteiger partial charge >= 0.3 is 0 Å². The zero-order chi connectivity index (χ0) is 18.2. The fraction of sp³-hybridized carbons (Fsp3) is 0.133. The Labute approximate surface area is 147 Å². The highest BCUT2D eigenvalue weighted by atomic mass is 35.5. The van der Waals surface area contributed by atoms with E-state index in [4.69, 9.17) is 16.0 Å². The Hall–Kier alpha value is -2.83. The number of nitrogens with zero attached hydrogens (tertiary/aromatic N) is 4. The molecule has 126 valence electrons. The second kappa shape index (κ2) is 6.23. The van der Waals surface area contributed by atoms with E-state index in [9.17, 15) is 18.5 Å². The van der Waals surface area contributed by atoms with Crippen molar-refractivity contribution in [2.24, 2.45) is 0 Å². The highest BCUT2D eigenvalue weighted by Crippen LogP contribution is 2.26. The zero-order valence-electron chi connectivity index (χ0n) is 12.7. The van der Waals surface area contributed by atoms with Gasteiger partial charge in [-0.25, -0.2) is 23.4 Å². The van der Waals surface area contributed by atoms with Crippen LogP contribution in [0.25, 0.3) is 11.1 Å². The van der Waals surface area contributed by atoms with Crippen LogP contribution in [0.5, 0.6) is 0 Å². The number of carbonyl (C=O) groups excluding carboxylic acids is 1. The molecule has 0 N–H and O–H groups in total. The van der Waals surface area contributed by atoms with E-state index in [1.807, 2.05) is 0 Å². The topological polar surface area (TPSA) is 127 Å². The van der Waals surface area contributed by atoms with Crippen LogP contribution in [0.4, 0.5) is 0 Å². The largest absolute Gasteiger partial charge is 0.439 e. The summed E-state index contributed by atoms with van der Waals surface area (Å²) in [5.74, 6) is -2.37. The number of para-hydroxylation sites is 2. The standard InChI is InChI=1S/C15H9ClN4O4S/c1-25(22,23)15-18-7-9(16)12(20-15)13(21)8(6-17)14-19-10-4-2-3-5-11(10)24-14/h2-5,7-8H,1H3/t8-/m0/s1. The quantitative estimate of drug-likeness (QED) is 0.500. The summed E-state index contributed by atoms with van der Waals surface area (Å²) in [5.41, 5.74) is 0.512. The molecule has 0 saturated carbocycles. The number of Topliss-reactive ketones (excluding diaryl/α,β-unsaturated/α-hetero) is 1. The summed E-state index contributed by atoms with van der Waals surface area (Å²) in [6.45, 7) is 0. The molecule has 0 spiro atoms. The van der Waals surface area contributed by atoms with Crippen molar-refractivity contribution < 1.29 is 17.6 Å². The Bertz CT molecular complexity index is 1100. The molecule has 25 heavy (non-hydrogen) atoms. The maximum Gasteiger partial charge on any atom is 0.247 e. The third-order valence-electron chi connectivity index (χ3n) is 3.24. The van der Waals surface area contributed by atoms with E-state index in [2.05, 4.69) is 15.0 Å². The maximum absolute atomic E-state index is 12.7. The average Bonchev–Trinajstić information content (AvgIpc) is 2.98. The van der Waals surface area contributed by atoms with Gasteiger partial charge in [0.2, 0.25) is 26.7 Å². The molecule has 0 saturated heterocycles. The second-order valence-electron chi connectivity index (χ2n) is 5.07. The van der Waals surface area contributed by atoms with E-state index >= 15 is 0 Å². The summed E-state index contributed by atoms with van der Waals surface area (Å²) in [6.07, 6.45) is 1.89. The molecule has 1 atom stereocenters. The van der Waals surface area contributed by atoms with Gasteiger partial charge in [-0.05, 0) is 12.1 Å². The maximum atomic E-state index is 12.7. The number of halogens is 1. The first-order valence-electron chi connectivity index (χ1n) is 6.83. The van der Waals surface area contributed by atoms with Crippen molar-refractivity contribution in [2.75, 3.05) is 6.26 Å². The van der Waals surface area contributed by atoms with Crippen molar-refractivity contribution in [3.8, 4) is 6.07 Å². The molecule has 2 aromatic heterocycles. The third kappa shape index (κ3) is 3.22. The molecule has 1 aromatic carbocycles. The number of benzene rings is 1. The Morgan fingerprint density at radius 1 is 1.32 bits per heavy atom. The van der Waals surface area contributed by atoms with Crippen molar-refractivity contribution in [1.82, 2.24) is 15.0 Å². The fourth-order valence-electron chi connectivity index (χ4n) is 2.08. The number of aromatic nitrogens is 3. The molecule has 10 heteroatoms. The minimum Gasteiger partial charge on any atom is -0.439 e. The van der Waals surface area contributed by atoms with E-state index < -0.39 is 26.7 Å². The first-order chi connectivity index (χ1) is 11.8. The lowest BCUT2D eigenvalue weighted by Crippen LogP contribution is -2.16. The predicted molar refractivity (Wildman–Crippen MR) is 86.8 cm³/mol. The van der Waals surface area contributed by atoms with Gasteiger partial charge < -0.3 is 4.42 Å². The first kappa shape index (κ1) is 17.0. The van der Waals surface area contributed by atoms with Crippen LogP contribution in [-0.2, 0) is 9.84 Å². The van der Waals surface area contributed by atoms with Crippen LogP contribution in [0, 0.1) is 11.3 Å². The van der Waals surface area contributed by atoms with Crippen LogP contribution in [0.1, 0.15) is 22.3 Å². The second-order valence-corrected chi connectivity index (χ2v) is 7.38. The average molecular weight is 377 g/mol. The number of hydrogen-bond donors (Lipinski definition) is 0. The van der Waals surface area contributed by atoms with E-state index in [-0.39, 0.29) is 16.6 Å². The number of hydrogen-bond acceptors (Lipinski definition) is 8. The van der Waals surface area contributed by atoms with Crippen LogP contribution >= 0.6 is 11.6 Å². The lowest BCUT2D eigenvalue weighted by atomic mass is 10.0. The van der Waals surface area contributed by atoms with Gasteiger partial charge in [-0.1, -0.05) is 23.7 Å². The lowest BCUT2D eigenvalue weighted by molar-refractivity contribution is 0.0964. The molecule has 0 bridgehead atoms. The van der Waals surface area contributed by atoms with Gasteiger partial charge in [0, 0.05) is 6.26 Å². The van der Waals surface area contributed by atoms with Gasteiger partial charge in [0.15, 0.2) is 11.5 Å². The Kier molecular flexibility index (Phi) is 4.24. The van der Waals surface area contributed by atoms with E-state index in [1.54, 1.807) is 30.3 Å². The molecule has 0 fully saturated rings. The highest BCUT2D eigenvalue weighted by molar-refractivity contribution is 7.90. The Morgan fingerprint density at radius 3 is 2.68 bits per heavy atom. The van der Waals surface area contributed by atoms with Crippen molar-refractivity contribution in [1.29, 1.82) is 5.26 Å². The van der Waals surface area contributed by atoms with Crippen LogP contribution < -0.4 is 0 Å². The normalized spacial score (nSPS) is 12.7. The summed E-state index contributed by atoms with van der Waals surface area (Å²) in [5, 5.41) is 8.65. The van der Waals surface area contributed by atoms with Gasteiger partial charge in [-0.3, -0.25) is 4.79 Å². The van der Waals surface area contributed by atoms with Gasteiger partial charge in [-0.2, -0.15) is 5.26 Å². The number of nitriles is 1. The number of fused-ring (bicyclic) bond motifs is 1. The van der Waals surface area contributed by atoms with Crippen molar-refractivity contribution in [3.63, 3.8) is 0 Å². The summed E-state index contributed by atoms with van der Waals surface area (Å²) < 4.78 is 28.6. The molecule has 8 nitrogen and oxygen atoms in total. The number of carbonyl (C=O) groups is 1. The van der Waals surface area contributed by atoms with Crippen molar-refractivity contribution in [3.05, 3.63) is 47.1 Å². The number of oxazole rings is 1. The summed E-state index contributed by atoms with van der Waals surface area (Å²) in [4.78, 5) is 24.0. The molecule has 0 radical (unpaired) electrons. The molecule has 2 heterocycles. The molecule has 0 aliphatic heterocycles. The Balaban J connectivity index is 2.08. The first-order valence-corrected chi connectivity index (χ1v) is 9.10. The smallest absolute Gasteiger partial charge is 0.247 e. The fourth-order valence-corrected chi connectivity index (χ4v) is 2.76. The van der Waals surface area contributed by atoms with Crippen molar-refractivity contribution in [2.45, 2.75) is 11.1 Å². The van der Waals surface area contributed by atoms with Crippen LogP contribution in [0.3, 0.4) is 0 Å². The van der Waals surface area contributed by atoms with E-state index in [1.165, 1.54) is 0 Å². The summed E-state index contributed by atoms with van der Waals surface area (Å²) in [7, 11) is -3.75. The Morgan fingerprint density at radius 2 is 2.04 bits per heavy atom. The zero-order valence-corrected chi connectivity index (χ0v) is 14.2. The van der Waals surface area contributed by atoms with Crippen LogP contribution in [-0.4, -0.2) is 35.4 Å². The molecular weight excluding hydrogens is 368 g/mol. The number of sulfone groups is 1. The van der Waals surface area contributed by atoms with Gasteiger partial charge in [0.25, 0.3) is 0 Å². The summed E-state index contributed by atoms with van der Waals surface area (Å²) in [6, 6.07) is 8.56. The molecule has 3 rings (SSSR count). The minimum atomic E-state index is -3.75. The van der Waals surface area contributed by atoms with Crippen LogP contribution in [0.2, 0.25) is 5.02 Å². The molecule has 0 unspecified atom stereocenters. The number of ketones is 1. The molecule has 0 aliphatic carbocycles. The number of rotatable bonds is 4. The monoisotopic (exact) mass is 376 g/mol. The van der Waals surface area contributed by atoms with Crippen molar-refractivity contribution >= 4 is 38.3 Å². The van der Waals surface area contributed by atoms with Gasteiger partial charge in [0.05, 0.1) is 17.3 Å². The third-order valence-corrected chi connectivity index (χ3v) is 4.37. The lowest BCUT2D eigenvalue weighted by Gasteiger charge is -2.06. The van der Waals surface area contributed by atoms with Gasteiger partial charge in [-0.15, -0.1) is 0 Å². The van der Waals surface area contributed by atoms with E-state index in [0.29, 0.717) is 11.1 Å². The summed E-state index contributed by atoms with van der Waals surface area (Å²) >= 11 is 5.91. The van der Waals surface area contributed by atoms with Gasteiger partial charge in [0.1, 0.15) is 11.2 Å². The minimum absolute atomic E-state index is 0.121. The molecule has 0 aliphatic rings.